The predicted octanol–water partition coefficient (Wildman–Crippen LogP) is 4.24. The maximum Gasteiger partial charge on any atom is 0.220 e. The van der Waals surface area contributed by atoms with Crippen molar-refractivity contribution in [2.75, 3.05) is 0 Å². The van der Waals surface area contributed by atoms with E-state index in [-0.39, 0.29) is 11.9 Å². The Balaban J connectivity index is 1.45. The van der Waals surface area contributed by atoms with Gasteiger partial charge in [-0.1, -0.05) is 48.5 Å². The lowest BCUT2D eigenvalue weighted by Crippen LogP contribution is -2.33. The molecule has 2 aromatic carbocycles. The first-order valence-electron chi connectivity index (χ1n) is 8.60. The second kappa shape index (κ2) is 7.82. The van der Waals surface area contributed by atoms with E-state index in [0.29, 0.717) is 6.42 Å². The van der Waals surface area contributed by atoms with Gasteiger partial charge in [0.15, 0.2) is 0 Å². The first-order chi connectivity index (χ1) is 11.7. The molecule has 0 fully saturated rings. The minimum Gasteiger partial charge on any atom is -0.361 e. The summed E-state index contributed by atoms with van der Waals surface area (Å²) in [5.41, 5.74) is 3.65. The molecule has 124 valence electrons. The van der Waals surface area contributed by atoms with Crippen LogP contribution in [0.2, 0.25) is 0 Å². The van der Waals surface area contributed by atoms with Crippen molar-refractivity contribution >= 4 is 16.8 Å². The zero-order chi connectivity index (χ0) is 16.8. The van der Waals surface area contributed by atoms with Crippen LogP contribution >= 0.6 is 0 Å². The van der Waals surface area contributed by atoms with E-state index < -0.39 is 0 Å². The van der Waals surface area contributed by atoms with Gasteiger partial charge in [0, 0.05) is 29.6 Å². The number of aromatic nitrogens is 1. The Morgan fingerprint density at radius 1 is 1.04 bits per heavy atom. The van der Waals surface area contributed by atoms with Gasteiger partial charge in [-0.05, 0) is 43.4 Å². The number of H-pyrrole nitrogens is 1. The summed E-state index contributed by atoms with van der Waals surface area (Å²) in [7, 11) is 0. The van der Waals surface area contributed by atoms with Crippen LogP contribution in [-0.2, 0) is 17.6 Å². The second-order valence-electron chi connectivity index (χ2n) is 6.35. The average Bonchev–Trinajstić information content (AvgIpc) is 3.02. The number of rotatable bonds is 7. The van der Waals surface area contributed by atoms with Gasteiger partial charge in [0.05, 0.1) is 0 Å². The molecule has 1 atom stereocenters. The predicted molar refractivity (Wildman–Crippen MR) is 99.0 cm³/mol. The third kappa shape index (κ3) is 4.25. The number of benzene rings is 2. The number of aryl methyl sites for hydroxylation is 2. The molecule has 0 bridgehead atoms. The number of para-hydroxylation sites is 1. The number of amides is 1. The van der Waals surface area contributed by atoms with Crippen LogP contribution < -0.4 is 5.32 Å². The lowest BCUT2D eigenvalue weighted by molar-refractivity contribution is -0.121. The van der Waals surface area contributed by atoms with Crippen LogP contribution in [0.4, 0.5) is 0 Å². The van der Waals surface area contributed by atoms with E-state index in [2.05, 4.69) is 53.6 Å². The van der Waals surface area contributed by atoms with Crippen LogP contribution in [0, 0.1) is 0 Å². The molecule has 3 aromatic rings. The molecule has 1 amide bonds. The van der Waals surface area contributed by atoms with E-state index in [0.717, 1.165) is 24.8 Å². The third-order valence-corrected chi connectivity index (χ3v) is 4.41. The van der Waals surface area contributed by atoms with Crippen LogP contribution in [0.3, 0.4) is 0 Å². The number of carbonyl (C=O) groups excluding carboxylic acids is 1. The fourth-order valence-electron chi connectivity index (χ4n) is 3.03. The Labute approximate surface area is 143 Å². The Morgan fingerprint density at radius 2 is 1.79 bits per heavy atom. The highest BCUT2D eigenvalue weighted by atomic mass is 16.1. The highest BCUT2D eigenvalue weighted by Gasteiger charge is 2.09. The quantitative estimate of drug-likeness (QED) is 0.672. The third-order valence-electron chi connectivity index (χ3n) is 4.41. The minimum absolute atomic E-state index is 0.126. The lowest BCUT2D eigenvalue weighted by atomic mass is 10.1. The summed E-state index contributed by atoms with van der Waals surface area (Å²) in [6, 6.07) is 18.8. The molecule has 0 radical (unpaired) electrons. The van der Waals surface area contributed by atoms with Crippen LogP contribution in [-0.4, -0.2) is 16.9 Å². The largest absolute Gasteiger partial charge is 0.361 e. The van der Waals surface area contributed by atoms with Gasteiger partial charge in [-0.2, -0.15) is 0 Å². The fourth-order valence-corrected chi connectivity index (χ4v) is 3.03. The monoisotopic (exact) mass is 320 g/mol. The second-order valence-corrected chi connectivity index (χ2v) is 6.35. The maximum atomic E-state index is 12.2. The molecular weight excluding hydrogens is 296 g/mol. The molecule has 2 N–H and O–H groups in total. The van der Waals surface area contributed by atoms with Gasteiger partial charge in [-0.3, -0.25) is 4.79 Å². The Morgan fingerprint density at radius 3 is 2.62 bits per heavy atom. The van der Waals surface area contributed by atoms with E-state index in [9.17, 15) is 4.79 Å². The highest BCUT2D eigenvalue weighted by molar-refractivity contribution is 5.84. The molecule has 0 aliphatic rings. The van der Waals surface area contributed by atoms with Crippen LogP contribution in [0.15, 0.2) is 60.8 Å². The summed E-state index contributed by atoms with van der Waals surface area (Å²) in [4.78, 5) is 15.4. The van der Waals surface area contributed by atoms with Crippen molar-refractivity contribution in [3.05, 3.63) is 71.9 Å². The van der Waals surface area contributed by atoms with Gasteiger partial charge in [0.2, 0.25) is 5.91 Å². The minimum atomic E-state index is 0.126. The molecule has 0 aliphatic carbocycles. The molecule has 0 aliphatic heterocycles. The van der Waals surface area contributed by atoms with Gasteiger partial charge in [0.25, 0.3) is 0 Å². The number of nitrogens with one attached hydrogen (secondary N) is 2. The van der Waals surface area contributed by atoms with Crippen molar-refractivity contribution in [3.63, 3.8) is 0 Å². The molecular formula is C21H24N2O. The molecule has 1 heterocycles. The summed E-state index contributed by atoms with van der Waals surface area (Å²) >= 11 is 0. The molecule has 3 rings (SSSR count). The first kappa shape index (κ1) is 16.3. The van der Waals surface area contributed by atoms with Gasteiger partial charge < -0.3 is 10.3 Å². The Bertz CT molecular complexity index is 792. The van der Waals surface area contributed by atoms with Crippen molar-refractivity contribution in [3.8, 4) is 0 Å². The molecule has 3 heteroatoms. The Hall–Kier alpha value is -2.55. The number of aromatic amines is 1. The summed E-state index contributed by atoms with van der Waals surface area (Å²) < 4.78 is 0. The molecule has 0 saturated heterocycles. The smallest absolute Gasteiger partial charge is 0.220 e. The summed E-state index contributed by atoms with van der Waals surface area (Å²) in [5, 5.41) is 4.32. The maximum absolute atomic E-state index is 12.2. The van der Waals surface area contributed by atoms with E-state index in [4.69, 9.17) is 0 Å². The molecule has 0 unspecified atom stereocenters. The van der Waals surface area contributed by atoms with E-state index in [1.54, 1.807) is 0 Å². The SMILES string of the molecule is C[C@H](CCc1ccccc1)NC(=O)CCc1c[nH]c2ccccc12. The fraction of sp³-hybridized carbons (Fsp3) is 0.286. The standard InChI is InChI=1S/C21H24N2O/c1-16(11-12-17-7-3-2-4-8-17)23-21(24)14-13-18-15-22-20-10-6-5-9-19(18)20/h2-10,15-16,22H,11-14H2,1H3,(H,23,24)/t16-/m1/s1. The lowest BCUT2D eigenvalue weighted by Gasteiger charge is -2.13. The van der Waals surface area contributed by atoms with Crippen LogP contribution in [0.5, 0.6) is 0 Å². The van der Waals surface area contributed by atoms with Crippen LogP contribution in [0.1, 0.15) is 30.9 Å². The van der Waals surface area contributed by atoms with Crippen molar-refractivity contribution in [2.24, 2.45) is 0 Å². The normalized spacial score (nSPS) is 12.2. The number of hydrogen-bond acceptors (Lipinski definition) is 1. The van der Waals surface area contributed by atoms with E-state index >= 15 is 0 Å². The number of carbonyl (C=O) groups is 1. The van der Waals surface area contributed by atoms with Crippen LogP contribution in [0.25, 0.3) is 10.9 Å². The summed E-state index contributed by atoms with van der Waals surface area (Å²) in [5.74, 6) is 0.126. The van der Waals surface area contributed by atoms with Gasteiger partial charge in [0.1, 0.15) is 0 Å². The van der Waals surface area contributed by atoms with Crippen molar-refractivity contribution in [1.29, 1.82) is 0 Å². The molecule has 0 spiro atoms. The van der Waals surface area contributed by atoms with E-state index in [1.165, 1.54) is 16.5 Å². The number of hydrogen-bond donors (Lipinski definition) is 2. The van der Waals surface area contributed by atoms with Gasteiger partial charge in [-0.25, -0.2) is 0 Å². The zero-order valence-corrected chi connectivity index (χ0v) is 14.1. The topological polar surface area (TPSA) is 44.9 Å². The first-order valence-corrected chi connectivity index (χ1v) is 8.60. The average molecular weight is 320 g/mol. The van der Waals surface area contributed by atoms with Crippen molar-refractivity contribution in [1.82, 2.24) is 10.3 Å². The molecule has 0 saturated carbocycles. The summed E-state index contributed by atoms with van der Waals surface area (Å²) in [6.45, 7) is 2.08. The molecule has 1 aromatic heterocycles. The molecule has 3 nitrogen and oxygen atoms in total. The zero-order valence-electron chi connectivity index (χ0n) is 14.1. The van der Waals surface area contributed by atoms with Crippen molar-refractivity contribution in [2.45, 2.75) is 38.6 Å². The van der Waals surface area contributed by atoms with Gasteiger partial charge >= 0.3 is 0 Å². The summed E-state index contributed by atoms with van der Waals surface area (Å²) in [6.07, 6.45) is 5.25. The van der Waals surface area contributed by atoms with E-state index in [1.807, 2.05) is 24.4 Å². The number of fused-ring (bicyclic) bond motifs is 1. The van der Waals surface area contributed by atoms with Crippen molar-refractivity contribution < 1.29 is 4.79 Å². The van der Waals surface area contributed by atoms with Gasteiger partial charge in [-0.15, -0.1) is 0 Å². The highest BCUT2D eigenvalue weighted by Crippen LogP contribution is 2.18. The Kier molecular flexibility index (Phi) is 5.32. The molecule has 24 heavy (non-hydrogen) atoms.